The van der Waals surface area contributed by atoms with Crippen LogP contribution in [0.1, 0.15) is 19.7 Å². The molecule has 1 aromatic rings. The van der Waals surface area contributed by atoms with Crippen LogP contribution in [0, 0.1) is 9.25 Å². The summed E-state index contributed by atoms with van der Waals surface area (Å²) in [7, 11) is 0. The lowest BCUT2D eigenvalue weighted by Gasteiger charge is -2.11. The second-order valence-electron chi connectivity index (χ2n) is 3.67. The van der Waals surface area contributed by atoms with Crippen molar-refractivity contribution >= 4 is 34.9 Å². The molecular weight excluding hydrogens is 277 g/mol. The van der Waals surface area contributed by atoms with E-state index in [2.05, 4.69) is 58.8 Å². The summed E-state index contributed by atoms with van der Waals surface area (Å²) in [6.07, 6.45) is 8.31. The number of rotatable bonds is 0. The SMILES string of the molecule is CC1(C)C=Cc2nnc(I)n2C=C1. The van der Waals surface area contributed by atoms with E-state index in [9.17, 15) is 0 Å². The van der Waals surface area contributed by atoms with Crippen LogP contribution >= 0.6 is 22.6 Å². The van der Waals surface area contributed by atoms with Crippen molar-refractivity contribution in [1.29, 1.82) is 0 Å². The van der Waals surface area contributed by atoms with Crippen molar-refractivity contribution in [2.24, 2.45) is 5.41 Å². The first-order chi connectivity index (χ1) is 6.08. The monoisotopic (exact) mass is 287 g/mol. The van der Waals surface area contributed by atoms with Gasteiger partial charge >= 0.3 is 0 Å². The Bertz CT molecular complexity index is 388. The van der Waals surface area contributed by atoms with E-state index in [1.54, 1.807) is 0 Å². The largest absolute Gasteiger partial charge is 0.278 e. The lowest BCUT2D eigenvalue weighted by molar-refractivity contribution is 0.632. The van der Waals surface area contributed by atoms with Gasteiger partial charge in [0.15, 0.2) is 9.66 Å². The van der Waals surface area contributed by atoms with E-state index in [0.29, 0.717) is 0 Å². The Balaban J connectivity index is 2.54. The van der Waals surface area contributed by atoms with Crippen LogP contribution in [0.4, 0.5) is 0 Å². The van der Waals surface area contributed by atoms with Gasteiger partial charge in [0.2, 0.25) is 0 Å². The smallest absolute Gasteiger partial charge is 0.198 e. The molecular formula is C9H10IN3. The molecule has 0 saturated heterocycles. The Morgan fingerprint density at radius 2 is 2.08 bits per heavy atom. The van der Waals surface area contributed by atoms with Crippen LogP contribution in [0.3, 0.4) is 0 Å². The Labute approximate surface area is 90.7 Å². The fourth-order valence-corrected chi connectivity index (χ4v) is 1.66. The molecule has 0 unspecified atom stereocenters. The highest BCUT2D eigenvalue weighted by Gasteiger charge is 2.14. The first-order valence-electron chi connectivity index (χ1n) is 4.07. The first-order valence-corrected chi connectivity index (χ1v) is 5.15. The minimum absolute atomic E-state index is 0.101. The summed E-state index contributed by atoms with van der Waals surface area (Å²) in [5.74, 6) is 0.895. The van der Waals surface area contributed by atoms with Crippen molar-refractivity contribution in [3.05, 3.63) is 21.8 Å². The summed E-state index contributed by atoms with van der Waals surface area (Å²) in [4.78, 5) is 0. The molecule has 0 saturated carbocycles. The second-order valence-corrected chi connectivity index (χ2v) is 4.63. The number of hydrogen-bond acceptors (Lipinski definition) is 2. The molecule has 0 aliphatic carbocycles. The number of allylic oxidation sites excluding steroid dienone is 2. The zero-order chi connectivity index (χ0) is 9.47. The van der Waals surface area contributed by atoms with Crippen LogP contribution in [-0.2, 0) is 0 Å². The van der Waals surface area contributed by atoms with Gasteiger partial charge < -0.3 is 0 Å². The fourth-order valence-electron chi connectivity index (χ4n) is 1.15. The zero-order valence-corrected chi connectivity index (χ0v) is 9.69. The summed E-state index contributed by atoms with van der Waals surface area (Å²) in [5.41, 5.74) is 0.101. The average Bonchev–Trinajstić information content (AvgIpc) is 2.32. The van der Waals surface area contributed by atoms with Gasteiger partial charge in [-0.1, -0.05) is 26.0 Å². The quantitative estimate of drug-likeness (QED) is 0.686. The average molecular weight is 287 g/mol. The topological polar surface area (TPSA) is 30.7 Å². The van der Waals surface area contributed by atoms with E-state index < -0.39 is 0 Å². The highest BCUT2D eigenvalue weighted by atomic mass is 127. The van der Waals surface area contributed by atoms with Gasteiger partial charge in [0.1, 0.15) is 0 Å². The Morgan fingerprint density at radius 3 is 2.85 bits per heavy atom. The molecule has 3 nitrogen and oxygen atoms in total. The van der Waals surface area contributed by atoms with Crippen LogP contribution in [-0.4, -0.2) is 14.8 Å². The van der Waals surface area contributed by atoms with Crippen molar-refractivity contribution in [2.75, 3.05) is 0 Å². The second kappa shape index (κ2) is 2.94. The van der Waals surface area contributed by atoms with Gasteiger partial charge in [-0.2, -0.15) is 0 Å². The molecule has 0 radical (unpaired) electrons. The molecule has 68 valence electrons. The van der Waals surface area contributed by atoms with Crippen molar-refractivity contribution in [3.8, 4) is 0 Å². The van der Waals surface area contributed by atoms with Crippen LogP contribution in [0.25, 0.3) is 12.3 Å². The fraction of sp³-hybridized carbons (Fsp3) is 0.333. The summed E-state index contributed by atoms with van der Waals surface area (Å²) in [6, 6.07) is 0. The molecule has 0 amide bonds. The maximum absolute atomic E-state index is 4.05. The summed E-state index contributed by atoms with van der Waals surface area (Å²) in [6.45, 7) is 4.32. The predicted molar refractivity (Wildman–Crippen MR) is 60.9 cm³/mol. The molecule has 2 rings (SSSR count). The molecule has 0 aromatic carbocycles. The van der Waals surface area contributed by atoms with Gasteiger partial charge in [-0.15, -0.1) is 10.2 Å². The van der Waals surface area contributed by atoms with Gasteiger partial charge in [0.25, 0.3) is 0 Å². The van der Waals surface area contributed by atoms with E-state index in [4.69, 9.17) is 0 Å². The third-order valence-corrected chi connectivity index (χ3v) is 2.73. The lowest BCUT2D eigenvalue weighted by Crippen LogP contribution is -2.00. The highest BCUT2D eigenvalue weighted by Crippen LogP contribution is 2.24. The Hall–Kier alpha value is -0.650. The van der Waals surface area contributed by atoms with E-state index in [1.165, 1.54) is 0 Å². The number of halogens is 1. The summed E-state index contributed by atoms with van der Waals surface area (Å²) >= 11 is 2.17. The molecule has 0 bridgehead atoms. The van der Waals surface area contributed by atoms with Crippen LogP contribution in [0.5, 0.6) is 0 Å². The third kappa shape index (κ3) is 1.67. The van der Waals surface area contributed by atoms with Crippen molar-refractivity contribution in [1.82, 2.24) is 14.8 Å². The molecule has 1 aromatic heterocycles. The lowest BCUT2D eigenvalue weighted by atomic mass is 9.93. The highest BCUT2D eigenvalue weighted by molar-refractivity contribution is 14.1. The Kier molecular flexibility index (Phi) is 2.02. The van der Waals surface area contributed by atoms with Gasteiger partial charge in [0.05, 0.1) is 0 Å². The normalized spacial score (nSPS) is 18.4. The maximum Gasteiger partial charge on any atom is 0.198 e. The van der Waals surface area contributed by atoms with Crippen molar-refractivity contribution in [2.45, 2.75) is 13.8 Å². The predicted octanol–water partition coefficient (Wildman–Crippen LogP) is 2.41. The zero-order valence-electron chi connectivity index (χ0n) is 7.53. The molecule has 0 N–H and O–H groups in total. The van der Waals surface area contributed by atoms with Gasteiger partial charge in [-0.25, -0.2) is 0 Å². The summed E-state index contributed by atoms with van der Waals surface area (Å²) in [5, 5.41) is 8.03. The van der Waals surface area contributed by atoms with Crippen LogP contribution in [0.15, 0.2) is 12.2 Å². The minimum Gasteiger partial charge on any atom is -0.278 e. The molecule has 0 fully saturated rings. The molecule has 1 aliphatic rings. The van der Waals surface area contributed by atoms with Crippen LogP contribution < -0.4 is 0 Å². The molecule has 4 heteroatoms. The summed E-state index contributed by atoms with van der Waals surface area (Å²) < 4.78 is 2.87. The minimum atomic E-state index is 0.101. The number of hydrogen-bond donors (Lipinski definition) is 0. The van der Waals surface area contributed by atoms with E-state index in [-0.39, 0.29) is 5.41 Å². The maximum atomic E-state index is 4.05. The number of aromatic nitrogens is 3. The molecule has 1 aliphatic heterocycles. The van der Waals surface area contributed by atoms with Crippen LogP contribution in [0.2, 0.25) is 0 Å². The standard InChI is InChI=1S/C9H10IN3/c1-9(2)4-3-7-11-12-8(10)13(7)6-5-9/h3-6H,1-2H3. The molecule has 2 heterocycles. The Morgan fingerprint density at radius 1 is 1.31 bits per heavy atom. The molecule has 13 heavy (non-hydrogen) atoms. The third-order valence-electron chi connectivity index (χ3n) is 2.00. The molecule has 0 spiro atoms. The number of fused-ring (bicyclic) bond motifs is 1. The number of nitrogens with zero attached hydrogens (tertiary/aromatic N) is 3. The van der Waals surface area contributed by atoms with Gasteiger partial charge in [0, 0.05) is 34.2 Å². The van der Waals surface area contributed by atoms with E-state index >= 15 is 0 Å². The van der Waals surface area contributed by atoms with Gasteiger partial charge in [-0.3, -0.25) is 4.57 Å². The van der Waals surface area contributed by atoms with E-state index in [1.807, 2.05) is 16.8 Å². The van der Waals surface area contributed by atoms with Crippen molar-refractivity contribution < 1.29 is 0 Å². The van der Waals surface area contributed by atoms with E-state index in [0.717, 1.165) is 9.66 Å². The molecule has 0 atom stereocenters. The van der Waals surface area contributed by atoms with Gasteiger partial charge in [-0.05, 0) is 6.08 Å². The van der Waals surface area contributed by atoms with Crippen molar-refractivity contribution in [3.63, 3.8) is 0 Å². The first kappa shape index (κ1) is 8.93.